The lowest BCUT2D eigenvalue weighted by molar-refractivity contribution is -0.143. The molecule has 22 heavy (non-hydrogen) atoms. The van der Waals surface area contributed by atoms with Crippen molar-refractivity contribution in [3.63, 3.8) is 0 Å². The molecule has 0 fully saturated rings. The van der Waals surface area contributed by atoms with Crippen LogP contribution < -0.4 is 10.6 Å². The molecule has 1 atom stereocenters. The fourth-order valence-corrected chi connectivity index (χ4v) is 1.80. The van der Waals surface area contributed by atoms with Crippen LogP contribution in [0.25, 0.3) is 0 Å². The Morgan fingerprint density at radius 3 is 2.23 bits per heavy atom. The third-order valence-corrected chi connectivity index (χ3v) is 2.99. The highest BCUT2D eigenvalue weighted by Crippen LogP contribution is 2.16. The van der Waals surface area contributed by atoms with Crippen molar-refractivity contribution in [2.75, 3.05) is 19.5 Å². The van der Waals surface area contributed by atoms with E-state index >= 15 is 0 Å². The van der Waals surface area contributed by atoms with Gasteiger partial charge in [-0.25, -0.2) is 14.4 Å². The molecule has 0 radical (unpaired) electrons. The van der Waals surface area contributed by atoms with Crippen LogP contribution >= 0.6 is 0 Å². The first-order chi connectivity index (χ1) is 10.4. The molecule has 1 aromatic rings. The molecular weight excluding hydrogens is 288 g/mol. The molecule has 0 saturated carbocycles. The van der Waals surface area contributed by atoms with Gasteiger partial charge in [0.2, 0.25) is 0 Å². The summed E-state index contributed by atoms with van der Waals surface area (Å²) >= 11 is 0. The number of urea groups is 1. The van der Waals surface area contributed by atoms with Crippen LogP contribution in [0.2, 0.25) is 0 Å². The van der Waals surface area contributed by atoms with E-state index in [1.807, 2.05) is 0 Å². The predicted octanol–water partition coefficient (Wildman–Crippen LogP) is 1.79. The van der Waals surface area contributed by atoms with Crippen LogP contribution in [0.1, 0.15) is 24.2 Å². The summed E-state index contributed by atoms with van der Waals surface area (Å²) in [5.41, 5.74) is 0.513. The van der Waals surface area contributed by atoms with Gasteiger partial charge in [-0.1, -0.05) is 26.0 Å². The summed E-state index contributed by atoms with van der Waals surface area (Å²) in [5, 5.41) is 5.05. The number of anilines is 1. The summed E-state index contributed by atoms with van der Waals surface area (Å²) in [7, 11) is 2.51. The molecule has 0 aliphatic rings. The second-order valence-corrected chi connectivity index (χ2v) is 4.88. The average Bonchev–Trinajstić information content (AvgIpc) is 2.51. The number of ether oxygens (including phenoxy) is 2. The topological polar surface area (TPSA) is 93.7 Å². The fourth-order valence-electron chi connectivity index (χ4n) is 1.80. The van der Waals surface area contributed by atoms with E-state index in [1.54, 1.807) is 32.0 Å². The number of carbonyl (C=O) groups is 3. The summed E-state index contributed by atoms with van der Waals surface area (Å²) in [6.07, 6.45) is 0. The number of hydrogen-bond donors (Lipinski definition) is 2. The normalized spacial score (nSPS) is 11.5. The first-order valence-electron chi connectivity index (χ1n) is 6.73. The van der Waals surface area contributed by atoms with E-state index < -0.39 is 24.0 Å². The summed E-state index contributed by atoms with van der Waals surface area (Å²) < 4.78 is 9.30. The van der Waals surface area contributed by atoms with Gasteiger partial charge >= 0.3 is 18.0 Å². The number of esters is 2. The maximum absolute atomic E-state index is 12.0. The van der Waals surface area contributed by atoms with Crippen molar-refractivity contribution in [1.82, 2.24) is 5.32 Å². The first-order valence-corrected chi connectivity index (χ1v) is 6.73. The lowest BCUT2D eigenvalue weighted by Gasteiger charge is -2.20. The Hall–Kier alpha value is -2.57. The molecule has 0 unspecified atom stereocenters. The first kappa shape index (κ1) is 17.5. The Balaban J connectivity index is 2.85. The highest BCUT2D eigenvalue weighted by atomic mass is 16.5. The number of rotatable bonds is 5. The summed E-state index contributed by atoms with van der Waals surface area (Å²) in [5.74, 6) is -1.25. The number of carbonyl (C=O) groups excluding carboxylic acids is 3. The van der Waals surface area contributed by atoms with Crippen molar-refractivity contribution in [2.45, 2.75) is 19.9 Å². The highest BCUT2D eigenvalue weighted by molar-refractivity contribution is 6.01. The molecule has 0 aliphatic heterocycles. The Bertz CT molecular complexity index is 557. The number of para-hydroxylation sites is 1. The van der Waals surface area contributed by atoms with Crippen molar-refractivity contribution in [3.05, 3.63) is 29.8 Å². The monoisotopic (exact) mass is 308 g/mol. The minimum absolute atomic E-state index is 0.144. The zero-order valence-corrected chi connectivity index (χ0v) is 13.0. The second kappa shape index (κ2) is 8.02. The largest absolute Gasteiger partial charge is 0.467 e. The number of amides is 2. The molecule has 0 spiro atoms. The lowest BCUT2D eigenvalue weighted by Crippen LogP contribution is -2.46. The zero-order chi connectivity index (χ0) is 16.7. The average molecular weight is 308 g/mol. The predicted molar refractivity (Wildman–Crippen MR) is 80.6 cm³/mol. The van der Waals surface area contributed by atoms with Crippen LogP contribution in [0, 0.1) is 5.92 Å². The summed E-state index contributed by atoms with van der Waals surface area (Å²) in [6, 6.07) is 5.02. The molecule has 0 aromatic heterocycles. The van der Waals surface area contributed by atoms with E-state index in [2.05, 4.69) is 20.1 Å². The molecule has 0 heterocycles. The van der Waals surface area contributed by atoms with E-state index in [9.17, 15) is 14.4 Å². The molecule has 120 valence electrons. The van der Waals surface area contributed by atoms with Gasteiger partial charge in [0.25, 0.3) is 0 Å². The van der Waals surface area contributed by atoms with E-state index in [0.29, 0.717) is 5.69 Å². The number of nitrogens with one attached hydrogen (secondary N) is 2. The molecule has 0 saturated heterocycles. The van der Waals surface area contributed by atoms with E-state index in [0.717, 1.165) is 0 Å². The van der Waals surface area contributed by atoms with Gasteiger partial charge in [-0.2, -0.15) is 0 Å². The molecule has 2 amide bonds. The Labute approximate surface area is 129 Å². The second-order valence-electron chi connectivity index (χ2n) is 4.88. The molecule has 1 aromatic carbocycles. The molecule has 1 rings (SSSR count). The molecule has 0 aliphatic carbocycles. The van der Waals surface area contributed by atoms with Gasteiger partial charge in [-0.3, -0.25) is 0 Å². The molecule has 2 N–H and O–H groups in total. The summed E-state index contributed by atoms with van der Waals surface area (Å²) in [6.45, 7) is 3.56. The van der Waals surface area contributed by atoms with Gasteiger partial charge < -0.3 is 20.1 Å². The Morgan fingerprint density at radius 2 is 1.68 bits per heavy atom. The standard InChI is InChI=1S/C15H20N2O5/c1-9(2)12(14(19)22-4)17-15(20)16-11-8-6-5-7-10(11)13(18)21-3/h5-9,12H,1-4H3,(H2,16,17,20)/t12-/m0/s1. The molecular formula is C15H20N2O5. The summed E-state index contributed by atoms with van der Waals surface area (Å²) in [4.78, 5) is 35.3. The van der Waals surface area contributed by atoms with E-state index in [1.165, 1.54) is 20.3 Å². The maximum atomic E-state index is 12.0. The number of benzene rings is 1. The fraction of sp³-hybridized carbons (Fsp3) is 0.400. The maximum Gasteiger partial charge on any atom is 0.339 e. The van der Waals surface area contributed by atoms with Crippen molar-refractivity contribution in [1.29, 1.82) is 0 Å². The van der Waals surface area contributed by atoms with Crippen molar-refractivity contribution in [2.24, 2.45) is 5.92 Å². The molecule has 7 nitrogen and oxygen atoms in total. The van der Waals surface area contributed by atoms with Crippen LogP contribution in [-0.2, 0) is 14.3 Å². The molecule has 0 bridgehead atoms. The van der Waals surface area contributed by atoms with Crippen molar-refractivity contribution >= 4 is 23.7 Å². The quantitative estimate of drug-likeness (QED) is 0.809. The zero-order valence-electron chi connectivity index (χ0n) is 13.0. The number of hydrogen-bond acceptors (Lipinski definition) is 5. The van der Waals surface area contributed by atoms with Gasteiger partial charge in [-0.05, 0) is 18.1 Å². The lowest BCUT2D eigenvalue weighted by atomic mass is 10.1. The van der Waals surface area contributed by atoms with E-state index in [-0.39, 0.29) is 11.5 Å². The van der Waals surface area contributed by atoms with Crippen LogP contribution in [-0.4, -0.2) is 38.2 Å². The molecule has 7 heteroatoms. The third kappa shape index (κ3) is 4.47. The Morgan fingerprint density at radius 1 is 1.05 bits per heavy atom. The van der Waals surface area contributed by atoms with Crippen LogP contribution in [0.4, 0.5) is 10.5 Å². The van der Waals surface area contributed by atoms with Crippen molar-refractivity contribution in [3.8, 4) is 0 Å². The van der Waals surface area contributed by atoms with E-state index in [4.69, 9.17) is 0 Å². The number of methoxy groups -OCH3 is 2. The minimum atomic E-state index is -0.782. The smallest absolute Gasteiger partial charge is 0.339 e. The SMILES string of the molecule is COC(=O)c1ccccc1NC(=O)N[C@H](C(=O)OC)C(C)C. The minimum Gasteiger partial charge on any atom is -0.467 e. The highest BCUT2D eigenvalue weighted by Gasteiger charge is 2.25. The van der Waals surface area contributed by atoms with Gasteiger partial charge in [0, 0.05) is 0 Å². The van der Waals surface area contributed by atoms with Crippen molar-refractivity contribution < 1.29 is 23.9 Å². The van der Waals surface area contributed by atoms with Crippen LogP contribution in [0.15, 0.2) is 24.3 Å². The van der Waals surface area contributed by atoms with Gasteiger partial charge in [0.05, 0.1) is 25.5 Å². The van der Waals surface area contributed by atoms with Gasteiger partial charge in [-0.15, -0.1) is 0 Å². The third-order valence-electron chi connectivity index (χ3n) is 2.99. The Kier molecular flexibility index (Phi) is 6.37. The van der Waals surface area contributed by atoms with Gasteiger partial charge in [0.1, 0.15) is 6.04 Å². The van der Waals surface area contributed by atoms with Gasteiger partial charge in [0.15, 0.2) is 0 Å². The van der Waals surface area contributed by atoms with Crippen LogP contribution in [0.5, 0.6) is 0 Å². The van der Waals surface area contributed by atoms with Crippen LogP contribution in [0.3, 0.4) is 0 Å².